The summed E-state index contributed by atoms with van der Waals surface area (Å²) >= 11 is 0. The van der Waals surface area contributed by atoms with Crippen LogP contribution in [0.1, 0.15) is 20.8 Å². The van der Waals surface area contributed by atoms with E-state index in [0.717, 1.165) is 0 Å². The highest BCUT2D eigenvalue weighted by molar-refractivity contribution is 7.93. The predicted octanol–water partition coefficient (Wildman–Crippen LogP) is 3.43. The molecule has 4 heteroatoms. The van der Waals surface area contributed by atoms with Gasteiger partial charge in [-0.15, -0.1) is 0 Å². The van der Waals surface area contributed by atoms with Gasteiger partial charge in [-0.3, -0.25) is 0 Å². The Hall–Kier alpha value is -1.02. The minimum absolute atomic E-state index is 0.265. The highest BCUT2D eigenvalue weighted by Gasteiger charge is 2.30. The zero-order valence-corrected chi connectivity index (χ0v) is 14.7. The third-order valence-corrected chi connectivity index (χ3v) is 7.65. The van der Waals surface area contributed by atoms with Crippen LogP contribution in [0.15, 0.2) is 60.7 Å². The molecular formula is C17H22NOPS. The molecule has 0 saturated heterocycles. The van der Waals surface area contributed by atoms with Gasteiger partial charge in [-0.1, -0.05) is 60.7 Å². The summed E-state index contributed by atoms with van der Waals surface area (Å²) in [6, 6.07) is 20.7. The van der Waals surface area contributed by atoms with Crippen molar-refractivity contribution >= 4 is 29.7 Å². The number of benzene rings is 2. The highest BCUT2D eigenvalue weighted by atomic mass is 32.2. The second-order valence-corrected chi connectivity index (χ2v) is 10.6. The fraction of sp³-hybridized carbons (Fsp3) is 0.294. The van der Waals surface area contributed by atoms with E-state index in [0.29, 0.717) is 0 Å². The lowest BCUT2D eigenvalue weighted by atomic mass is 10.3. The summed E-state index contributed by atoms with van der Waals surface area (Å²) in [7, 11) is 0.132. The van der Waals surface area contributed by atoms with E-state index in [1.54, 1.807) is 0 Å². The molecule has 0 spiro atoms. The van der Waals surface area contributed by atoms with E-state index in [1.165, 1.54) is 10.6 Å². The lowest BCUT2D eigenvalue weighted by Crippen LogP contribution is -2.36. The van der Waals surface area contributed by atoms with E-state index >= 15 is 0 Å². The molecular weight excluding hydrogens is 297 g/mol. The molecule has 0 heterocycles. The minimum Gasteiger partial charge on any atom is -0.242 e. The average molecular weight is 319 g/mol. The standard InChI is InChI=1S/C17H22NOPS/c1-17(2,3)21(19)18(4)20(15-11-7-5-8-12-15)16-13-9-6-10-14-16/h5-14H,1-4H3. The monoisotopic (exact) mass is 319 g/mol. The van der Waals surface area contributed by atoms with Crippen molar-refractivity contribution in [3.8, 4) is 0 Å². The molecule has 1 unspecified atom stereocenters. The van der Waals surface area contributed by atoms with Gasteiger partial charge in [-0.05, 0) is 31.4 Å². The van der Waals surface area contributed by atoms with Crippen molar-refractivity contribution < 1.29 is 4.21 Å². The van der Waals surface area contributed by atoms with Gasteiger partial charge in [0.05, 0.1) is 4.75 Å². The van der Waals surface area contributed by atoms with Crippen LogP contribution in [0.25, 0.3) is 0 Å². The second-order valence-electron chi connectivity index (χ2n) is 5.81. The molecule has 1 atom stereocenters. The molecule has 0 saturated carbocycles. The molecule has 0 radical (unpaired) electrons. The normalized spacial score (nSPS) is 13.6. The van der Waals surface area contributed by atoms with Crippen LogP contribution >= 0.6 is 8.07 Å². The summed E-state index contributed by atoms with van der Waals surface area (Å²) in [4.78, 5) is 0. The molecule has 2 aromatic carbocycles. The van der Waals surface area contributed by atoms with Crippen LogP contribution in [0, 0.1) is 0 Å². The molecule has 0 N–H and O–H groups in total. The molecule has 0 amide bonds. The zero-order valence-electron chi connectivity index (χ0n) is 13.0. The maximum absolute atomic E-state index is 12.8. The second kappa shape index (κ2) is 6.83. The molecule has 2 aromatic rings. The third kappa shape index (κ3) is 4.00. The number of rotatable bonds is 4. The van der Waals surface area contributed by atoms with Crippen LogP contribution in [0.3, 0.4) is 0 Å². The fourth-order valence-corrected chi connectivity index (χ4v) is 6.63. The number of nitrogens with zero attached hydrogens (tertiary/aromatic N) is 1. The summed E-state index contributed by atoms with van der Waals surface area (Å²) in [6.45, 7) is 6.05. The van der Waals surface area contributed by atoms with Crippen LogP contribution in [0.4, 0.5) is 0 Å². The summed E-state index contributed by atoms with van der Waals surface area (Å²) in [5.41, 5.74) is 0. The first-order chi connectivity index (χ1) is 9.91. The van der Waals surface area contributed by atoms with Crippen molar-refractivity contribution in [1.29, 1.82) is 0 Å². The summed E-state index contributed by atoms with van der Waals surface area (Å²) in [5, 5.41) is 2.44. The van der Waals surface area contributed by atoms with Crippen LogP contribution in [0.2, 0.25) is 0 Å². The SMILES string of the molecule is CN(P(c1ccccc1)c1ccccc1)S(=O)C(C)(C)C. The maximum atomic E-state index is 12.8. The Morgan fingerprint density at radius 2 is 1.24 bits per heavy atom. The quantitative estimate of drug-likeness (QED) is 0.791. The Balaban J connectivity index is 2.45. The molecule has 0 aromatic heterocycles. The minimum atomic E-state index is -1.05. The Kier molecular flexibility index (Phi) is 5.32. The van der Waals surface area contributed by atoms with Gasteiger partial charge in [0.2, 0.25) is 0 Å². The molecule has 21 heavy (non-hydrogen) atoms. The Morgan fingerprint density at radius 1 is 0.857 bits per heavy atom. The zero-order chi connectivity index (χ0) is 15.5. The van der Waals surface area contributed by atoms with Crippen molar-refractivity contribution in [2.45, 2.75) is 25.5 Å². The average Bonchev–Trinajstić information content (AvgIpc) is 2.48. The van der Waals surface area contributed by atoms with Crippen molar-refractivity contribution in [3.05, 3.63) is 60.7 Å². The van der Waals surface area contributed by atoms with Crippen LogP contribution in [-0.2, 0) is 11.0 Å². The van der Waals surface area contributed by atoms with Crippen molar-refractivity contribution in [1.82, 2.24) is 4.08 Å². The topological polar surface area (TPSA) is 20.3 Å². The number of hydrogen-bond acceptors (Lipinski definition) is 1. The Labute approximate surface area is 131 Å². The summed E-state index contributed by atoms with van der Waals surface area (Å²) < 4.78 is 14.6. The van der Waals surface area contributed by atoms with Crippen molar-refractivity contribution in [2.24, 2.45) is 0 Å². The van der Waals surface area contributed by atoms with Gasteiger partial charge in [0.15, 0.2) is 0 Å². The number of hydrogen-bond donors (Lipinski definition) is 0. The fourth-order valence-electron chi connectivity index (χ4n) is 2.08. The Bertz CT molecular complexity index is 556. The first-order valence-electron chi connectivity index (χ1n) is 6.97. The molecule has 112 valence electrons. The molecule has 0 aliphatic heterocycles. The van der Waals surface area contributed by atoms with Crippen molar-refractivity contribution in [3.63, 3.8) is 0 Å². The van der Waals surface area contributed by atoms with E-state index in [9.17, 15) is 4.21 Å². The summed E-state index contributed by atoms with van der Waals surface area (Å²) in [6.07, 6.45) is 0. The predicted molar refractivity (Wildman–Crippen MR) is 94.7 cm³/mol. The maximum Gasteiger partial charge on any atom is 0.104 e. The van der Waals surface area contributed by atoms with Crippen LogP contribution in [0.5, 0.6) is 0 Å². The lowest BCUT2D eigenvalue weighted by molar-refractivity contribution is 0.617. The highest BCUT2D eigenvalue weighted by Crippen LogP contribution is 2.40. The molecule has 0 bridgehead atoms. The van der Waals surface area contributed by atoms with Crippen LogP contribution < -0.4 is 10.6 Å². The van der Waals surface area contributed by atoms with E-state index < -0.39 is 19.1 Å². The van der Waals surface area contributed by atoms with Gasteiger partial charge in [0, 0.05) is 15.1 Å². The van der Waals surface area contributed by atoms with Gasteiger partial charge in [0.25, 0.3) is 0 Å². The Morgan fingerprint density at radius 3 is 1.57 bits per heavy atom. The molecule has 2 nitrogen and oxygen atoms in total. The van der Waals surface area contributed by atoms with Crippen LogP contribution in [-0.4, -0.2) is 20.1 Å². The lowest BCUT2D eigenvalue weighted by Gasteiger charge is -2.32. The first-order valence-corrected chi connectivity index (χ1v) is 9.37. The molecule has 2 rings (SSSR count). The van der Waals surface area contributed by atoms with Gasteiger partial charge in [-0.25, -0.2) is 4.21 Å². The van der Waals surface area contributed by atoms with Gasteiger partial charge >= 0.3 is 0 Å². The van der Waals surface area contributed by atoms with Crippen molar-refractivity contribution in [2.75, 3.05) is 7.05 Å². The van der Waals surface area contributed by atoms with Gasteiger partial charge < -0.3 is 0 Å². The molecule has 0 aliphatic carbocycles. The first kappa shape index (κ1) is 16.4. The van der Waals surface area contributed by atoms with E-state index in [4.69, 9.17) is 0 Å². The molecule has 0 aliphatic rings. The third-order valence-electron chi connectivity index (χ3n) is 3.05. The van der Waals surface area contributed by atoms with Gasteiger partial charge in [0.1, 0.15) is 11.0 Å². The van der Waals surface area contributed by atoms with E-state index in [2.05, 4.69) is 24.3 Å². The smallest absolute Gasteiger partial charge is 0.104 e. The van der Waals surface area contributed by atoms with E-state index in [1.807, 2.05) is 68.3 Å². The van der Waals surface area contributed by atoms with E-state index in [-0.39, 0.29) is 4.75 Å². The van der Waals surface area contributed by atoms with Gasteiger partial charge in [-0.2, -0.15) is 4.08 Å². The largest absolute Gasteiger partial charge is 0.242 e. The molecule has 0 fully saturated rings. The summed E-state index contributed by atoms with van der Waals surface area (Å²) in [5.74, 6) is 0.